The quantitative estimate of drug-likeness (QED) is 0.680. The Morgan fingerprint density at radius 3 is 2.87 bits per heavy atom. The summed E-state index contributed by atoms with van der Waals surface area (Å²) < 4.78 is 0. The summed E-state index contributed by atoms with van der Waals surface area (Å²) in [4.78, 5) is 25.0. The number of hydrogen-bond acceptors (Lipinski definition) is 2. The van der Waals surface area contributed by atoms with Gasteiger partial charge in [-0.15, -0.1) is 0 Å². The first-order valence-corrected chi connectivity index (χ1v) is 5.33. The molecule has 15 heavy (non-hydrogen) atoms. The minimum absolute atomic E-state index is 0.0849. The molecule has 5 nitrogen and oxygen atoms in total. The van der Waals surface area contributed by atoms with Crippen LogP contribution in [-0.4, -0.2) is 27.5 Å². The number of hydrogen-bond donors (Lipinski definition) is 2. The van der Waals surface area contributed by atoms with Crippen LogP contribution >= 0.6 is 0 Å². The van der Waals surface area contributed by atoms with E-state index in [0.717, 1.165) is 37.1 Å². The first-order chi connectivity index (χ1) is 7.25. The van der Waals surface area contributed by atoms with E-state index in [2.05, 4.69) is 10.2 Å². The number of carbonyl (C=O) groups excluding carboxylic acids is 1. The maximum Gasteiger partial charge on any atom is 0.269 e. The van der Waals surface area contributed by atoms with Crippen LogP contribution < -0.4 is 5.56 Å². The van der Waals surface area contributed by atoms with Crippen LogP contribution in [0.1, 0.15) is 24.1 Å². The van der Waals surface area contributed by atoms with Gasteiger partial charge in [0.15, 0.2) is 0 Å². The topological polar surface area (TPSA) is 69.0 Å². The van der Waals surface area contributed by atoms with Crippen molar-refractivity contribution in [2.45, 2.75) is 25.8 Å². The van der Waals surface area contributed by atoms with Gasteiger partial charge in [0.25, 0.3) is 5.56 Å². The molecule has 1 fully saturated rings. The van der Waals surface area contributed by atoms with Crippen LogP contribution in [-0.2, 0) is 17.8 Å². The third kappa shape index (κ3) is 1.38. The van der Waals surface area contributed by atoms with Gasteiger partial charge in [0.05, 0.1) is 12.1 Å². The van der Waals surface area contributed by atoms with E-state index in [1.807, 2.05) is 4.90 Å². The number of rotatable bonds is 1. The van der Waals surface area contributed by atoms with Gasteiger partial charge >= 0.3 is 0 Å². The second-order valence-corrected chi connectivity index (χ2v) is 4.32. The van der Waals surface area contributed by atoms with E-state index in [9.17, 15) is 9.59 Å². The average Bonchev–Trinajstić information content (AvgIpc) is 3.04. The minimum Gasteiger partial charge on any atom is -0.337 e. The van der Waals surface area contributed by atoms with Crippen molar-refractivity contribution in [2.24, 2.45) is 5.92 Å². The Morgan fingerprint density at radius 2 is 2.13 bits per heavy atom. The van der Waals surface area contributed by atoms with Crippen LogP contribution in [0.15, 0.2) is 4.79 Å². The van der Waals surface area contributed by atoms with Crippen molar-refractivity contribution < 1.29 is 4.79 Å². The fourth-order valence-corrected chi connectivity index (χ4v) is 2.09. The fraction of sp³-hybridized carbons (Fsp3) is 0.600. The van der Waals surface area contributed by atoms with Gasteiger partial charge in [-0.05, 0) is 12.8 Å². The molecular weight excluding hydrogens is 194 g/mol. The Kier molecular flexibility index (Phi) is 1.74. The van der Waals surface area contributed by atoms with E-state index in [4.69, 9.17) is 0 Å². The molecule has 0 saturated heterocycles. The zero-order valence-corrected chi connectivity index (χ0v) is 8.38. The van der Waals surface area contributed by atoms with Crippen LogP contribution in [0.2, 0.25) is 0 Å². The van der Waals surface area contributed by atoms with Crippen molar-refractivity contribution in [1.82, 2.24) is 15.1 Å². The third-order valence-corrected chi connectivity index (χ3v) is 3.18. The lowest BCUT2D eigenvalue weighted by molar-refractivity contribution is -0.133. The summed E-state index contributed by atoms with van der Waals surface area (Å²) in [7, 11) is 0. The molecule has 1 aliphatic heterocycles. The van der Waals surface area contributed by atoms with Crippen LogP contribution in [0, 0.1) is 5.92 Å². The first-order valence-electron chi connectivity index (χ1n) is 5.33. The average molecular weight is 207 g/mol. The number of fused-ring (bicyclic) bond motifs is 1. The van der Waals surface area contributed by atoms with E-state index in [1.54, 1.807) is 0 Å². The van der Waals surface area contributed by atoms with E-state index >= 15 is 0 Å². The van der Waals surface area contributed by atoms with Gasteiger partial charge in [0.1, 0.15) is 0 Å². The Labute approximate surface area is 86.5 Å². The maximum atomic E-state index is 11.8. The van der Waals surface area contributed by atoms with Crippen LogP contribution in [0.25, 0.3) is 0 Å². The molecule has 0 bridgehead atoms. The SMILES string of the molecule is O=C(C1CC1)N1CCc2[nH][nH]c(=O)c2C1. The van der Waals surface area contributed by atoms with Crippen molar-refractivity contribution in [2.75, 3.05) is 6.54 Å². The van der Waals surface area contributed by atoms with Crippen molar-refractivity contribution in [3.05, 3.63) is 21.6 Å². The van der Waals surface area contributed by atoms with Gasteiger partial charge in [-0.1, -0.05) is 0 Å². The molecule has 2 aliphatic rings. The molecule has 80 valence electrons. The fourth-order valence-electron chi connectivity index (χ4n) is 2.09. The molecule has 5 heteroatoms. The Morgan fingerprint density at radius 1 is 1.33 bits per heavy atom. The van der Waals surface area contributed by atoms with Gasteiger partial charge in [-0.3, -0.25) is 14.7 Å². The molecule has 3 rings (SSSR count). The van der Waals surface area contributed by atoms with Crippen molar-refractivity contribution in [3.8, 4) is 0 Å². The zero-order valence-electron chi connectivity index (χ0n) is 8.38. The lowest BCUT2D eigenvalue weighted by atomic mass is 10.1. The lowest BCUT2D eigenvalue weighted by Crippen LogP contribution is -2.38. The van der Waals surface area contributed by atoms with Gasteiger partial charge in [0.2, 0.25) is 5.91 Å². The summed E-state index contributed by atoms with van der Waals surface area (Å²) >= 11 is 0. The van der Waals surface area contributed by atoms with E-state index in [-0.39, 0.29) is 17.4 Å². The summed E-state index contributed by atoms with van der Waals surface area (Å²) in [5.41, 5.74) is 1.60. The number of carbonyl (C=O) groups is 1. The first kappa shape index (κ1) is 8.76. The predicted octanol–water partition coefficient (Wildman–Crippen LogP) is -0.00230. The van der Waals surface area contributed by atoms with E-state index in [1.165, 1.54) is 0 Å². The number of nitrogens with one attached hydrogen (secondary N) is 2. The molecule has 1 aliphatic carbocycles. The molecule has 0 unspecified atom stereocenters. The van der Waals surface area contributed by atoms with Crippen LogP contribution in [0.5, 0.6) is 0 Å². The highest BCUT2D eigenvalue weighted by molar-refractivity contribution is 5.81. The Hall–Kier alpha value is -1.52. The normalized spacial score (nSPS) is 20.1. The second kappa shape index (κ2) is 2.98. The highest BCUT2D eigenvalue weighted by Crippen LogP contribution is 2.32. The van der Waals surface area contributed by atoms with Crippen molar-refractivity contribution in [1.29, 1.82) is 0 Å². The summed E-state index contributed by atoms with van der Waals surface area (Å²) in [5.74, 6) is 0.464. The van der Waals surface area contributed by atoms with E-state index in [0.29, 0.717) is 6.54 Å². The summed E-state index contributed by atoms with van der Waals surface area (Å²) in [6, 6.07) is 0. The highest BCUT2D eigenvalue weighted by atomic mass is 16.2. The molecule has 2 N–H and O–H groups in total. The Bertz CT molecular complexity index is 455. The molecule has 2 heterocycles. The molecular formula is C10H13N3O2. The second-order valence-electron chi connectivity index (χ2n) is 4.32. The van der Waals surface area contributed by atoms with E-state index < -0.39 is 0 Å². The predicted molar refractivity (Wildman–Crippen MR) is 53.3 cm³/mol. The number of aromatic nitrogens is 2. The summed E-state index contributed by atoms with van der Waals surface area (Å²) in [5, 5.41) is 5.42. The molecule has 1 amide bonds. The maximum absolute atomic E-state index is 11.8. The molecule has 0 spiro atoms. The van der Waals surface area contributed by atoms with Crippen molar-refractivity contribution >= 4 is 5.91 Å². The summed E-state index contributed by atoms with van der Waals surface area (Å²) in [6.45, 7) is 1.21. The third-order valence-electron chi connectivity index (χ3n) is 3.18. The largest absolute Gasteiger partial charge is 0.337 e. The smallest absolute Gasteiger partial charge is 0.269 e. The monoisotopic (exact) mass is 207 g/mol. The standard InChI is InChI=1S/C10H13N3O2/c14-9-7-5-13(10(15)6-1-2-6)4-3-8(7)11-12-9/h6H,1-5H2,(H2,11,12,14). The molecule has 1 aromatic heterocycles. The number of nitrogens with zero attached hydrogens (tertiary/aromatic N) is 1. The number of H-pyrrole nitrogens is 2. The zero-order chi connectivity index (χ0) is 10.4. The van der Waals surface area contributed by atoms with Crippen molar-refractivity contribution in [3.63, 3.8) is 0 Å². The minimum atomic E-state index is -0.0849. The molecule has 0 aromatic carbocycles. The van der Waals surface area contributed by atoms with Gasteiger partial charge in [-0.25, -0.2) is 0 Å². The highest BCUT2D eigenvalue weighted by Gasteiger charge is 2.35. The molecule has 1 saturated carbocycles. The van der Waals surface area contributed by atoms with Gasteiger partial charge in [0, 0.05) is 24.6 Å². The molecule has 1 aromatic rings. The number of amides is 1. The van der Waals surface area contributed by atoms with Gasteiger partial charge < -0.3 is 10.00 Å². The molecule has 0 radical (unpaired) electrons. The lowest BCUT2D eigenvalue weighted by Gasteiger charge is -2.26. The van der Waals surface area contributed by atoms with Crippen LogP contribution in [0.4, 0.5) is 0 Å². The number of aromatic amines is 2. The Balaban J connectivity index is 1.84. The van der Waals surface area contributed by atoms with Crippen LogP contribution in [0.3, 0.4) is 0 Å². The molecule has 0 atom stereocenters. The summed E-state index contributed by atoms with van der Waals surface area (Å²) in [6.07, 6.45) is 2.80. The van der Waals surface area contributed by atoms with Gasteiger partial charge in [-0.2, -0.15) is 0 Å².